The molecule has 0 fully saturated rings. The molecule has 0 spiro atoms. The summed E-state index contributed by atoms with van der Waals surface area (Å²) in [5.41, 5.74) is 8.50. The van der Waals surface area contributed by atoms with E-state index in [0.29, 0.717) is 11.4 Å². The van der Waals surface area contributed by atoms with Crippen molar-refractivity contribution in [1.82, 2.24) is 0 Å². The number of nitrogen functional groups attached to an aromatic ring is 1. The van der Waals surface area contributed by atoms with E-state index in [9.17, 15) is 4.21 Å². The number of aryl methyl sites for hydroxylation is 1. The smallest absolute Gasteiger partial charge is 0.0577 e. The highest BCUT2D eigenvalue weighted by Gasteiger charge is 2.08. The minimum absolute atomic E-state index is 0.529. The molecule has 2 nitrogen and oxygen atoms in total. The second-order valence-electron chi connectivity index (χ2n) is 4.14. The van der Waals surface area contributed by atoms with Gasteiger partial charge in [0.05, 0.1) is 16.6 Å². The van der Waals surface area contributed by atoms with Gasteiger partial charge in [-0.25, -0.2) is 0 Å². The zero-order chi connectivity index (χ0) is 13.1. The molecule has 4 heteroatoms. The summed E-state index contributed by atoms with van der Waals surface area (Å²) in [7, 11) is -1.05. The van der Waals surface area contributed by atoms with Crippen molar-refractivity contribution in [3.05, 3.63) is 57.2 Å². The summed E-state index contributed by atoms with van der Waals surface area (Å²) in [4.78, 5) is 0.827. The minimum atomic E-state index is -1.05. The average Bonchev–Trinajstić information content (AvgIpc) is 2.35. The molecule has 0 saturated carbocycles. The molecule has 0 bridgehead atoms. The maximum Gasteiger partial charge on any atom is 0.0577 e. The lowest BCUT2D eigenvalue weighted by Gasteiger charge is -2.07. The van der Waals surface area contributed by atoms with Gasteiger partial charge in [0.15, 0.2) is 0 Å². The van der Waals surface area contributed by atoms with Crippen LogP contribution in [0.5, 0.6) is 0 Å². The Bertz CT molecular complexity index is 581. The largest absolute Gasteiger partial charge is 0.399 e. The van der Waals surface area contributed by atoms with Gasteiger partial charge in [-0.3, -0.25) is 4.21 Å². The molecular weight excluding hydrogens is 357 g/mol. The van der Waals surface area contributed by atoms with Gasteiger partial charge < -0.3 is 5.73 Å². The second kappa shape index (κ2) is 5.84. The zero-order valence-electron chi connectivity index (χ0n) is 10.0. The molecule has 1 unspecified atom stereocenters. The Labute approximate surface area is 123 Å². The molecule has 0 heterocycles. The van der Waals surface area contributed by atoms with Crippen molar-refractivity contribution in [2.45, 2.75) is 17.6 Å². The van der Waals surface area contributed by atoms with E-state index in [4.69, 9.17) is 5.73 Å². The number of halogens is 1. The summed E-state index contributed by atoms with van der Waals surface area (Å²) in [5, 5.41) is 0. The Kier molecular flexibility index (Phi) is 4.40. The summed E-state index contributed by atoms with van der Waals surface area (Å²) < 4.78 is 13.5. The minimum Gasteiger partial charge on any atom is -0.399 e. The van der Waals surface area contributed by atoms with Crippen molar-refractivity contribution in [3.8, 4) is 0 Å². The first-order chi connectivity index (χ1) is 8.56. The SMILES string of the molecule is Cc1ccc(N)cc1S(=O)Cc1ccc(I)cc1. The maximum atomic E-state index is 12.3. The molecule has 0 aromatic heterocycles. The molecule has 0 aliphatic carbocycles. The number of benzene rings is 2. The number of nitrogens with two attached hydrogens (primary N) is 1. The summed E-state index contributed by atoms with van der Waals surface area (Å²) >= 11 is 2.26. The monoisotopic (exact) mass is 371 g/mol. The Balaban J connectivity index is 2.21. The fourth-order valence-electron chi connectivity index (χ4n) is 1.67. The normalized spacial score (nSPS) is 12.3. The van der Waals surface area contributed by atoms with Gasteiger partial charge in [0.1, 0.15) is 0 Å². The third-order valence-electron chi connectivity index (χ3n) is 2.67. The molecule has 0 saturated heterocycles. The number of rotatable bonds is 3. The van der Waals surface area contributed by atoms with E-state index in [1.54, 1.807) is 6.07 Å². The van der Waals surface area contributed by atoms with E-state index in [-0.39, 0.29) is 0 Å². The zero-order valence-corrected chi connectivity index (χ0v) is 13.0. The van der Waals surface area contributed by atoms with E-state index in [2.05, 4.69) is 22.6 Å². The summed E-state index contributed by atoms with van der Waals surface area (Å²) in [5.74, 6) is 0.529. The van der Waals surface area contributed by atoms with Crippen LogP contribution in [-0.2, 0) is 16.6 Å². The third-order valence-corrected chi connectivity index (χ3v) is 4.91. The predicted molar refractivity (Wildman–Crippen MR) is 84.9 cm³/mol. The van der Waals surface area contributed by atoms with Crippen LogP contribution in [0.25, 0.3) is 0 Å². The van der Waals surface area contributed by atoms with Gasteiger partial charge in [0.25, 0.3) is 0 Å². The van der Waals surface area contributed by atoms with Crippen molar-refractivity contribution in [1.29, 1.82) is 0 Å². The van der Waals surface area contributed by atoms with Crippen LogP contribution in [0, 0.1) is 10.5 Å². The van der Waals surface area contributed by atoms with Gasteiger partial charge in [-0.2, -0.15) is 0 Å². The molecule has 0 radical (unpaired) electrons. The highest BCUT2D eigenvalue weighted by Crippen LogP contribution is 2.19. The highest BCUT2D eigenvalue weighted by atomic mass is 127. The molecule has 18 heavy (non-hydrogen) atoms. The van der Waals surface area contributed by atoms with Crippen LogP contribution in [0.15, 0.2) is 47.4 Å². The van der Waals surface area contributed by atoms with Crippen LogP contribution in [0.1, 0.15) is 11.1 Å². The van der Waals surface area contributed by atoms with Crippen LogP contribution in [0.2, 0.25) is 0 Å². The highest BCUT2D eigenvalue weighted by molar-refractivity contribution is 14.1. The first-order valence-electron chi connectivity index (χ1n) is 5.55. The average molecular weight is 371 g/mol. The maximum absolute atomic E-state index is 12.3. The second-order valence-corrected chi connectivity index (χ2v) is 6.81. The molecule has 1 atom stereocenters. The van der Waals surface area contributed by atoms with E-state index in [1.807, 2.05) is 43.3 Å². The van der Waals surface area contributed by atoms with Crippen LogP contribution in [0.3, 0.4) is 0 Å². The molecule has 0 aliphatic rings. The molecule has 0 amide bonds. The van der Waals surface area contributed by atoms with E-state index in [0.717, 1.165) is 16.0 Å². The standard InChI is InChI=1S/C14H14INOS/c1-10-2-7-13(16)8-14(10)18(17)9-11-3-5-12(15)6-4-11/h2-8H,9,16H2,1H3. The molecule has 2 aromatic carbocycles. The fraction of sp³-hybridized carbons (Fsp3) is 0.143. The van der Waals surface area contributed by atoms with Gasteiger partial charge in [-0.1, -0.05) is 18.2 Å². The molecule has 94 valence electrons. The summed E-state index contributed by atoms with van der Waals surface area (Å²) in [6.45, 7) is 1.96. The van der Waals surface area contributed by atoms with Crippen LogP contribution < -0.4 is 5.73 Å². The summed E-state index contributed by atoms with van der Waals surface area (Å²) in [6, 6.07) is 13.6. The summed E-state index contributed by atoms with van der Waals surface area (Å²) in [6.07, 6.45) is 0. The Hall–Kier alpha value is -0.880. The topological polar surface area (TPSA) is 43.1 Å². The van der Waals surface area contributed by atoms with Crippen molar-refractivity contribution in [3.63, 3.8) is 0 Å². The quantitative estimate of drug-likeness (QED) is 0.663. The third kappa shape index (κ3) is 3.32. The predicted octanol–water partition coefficient (Wildman–Crippen LogP) is 3.49. The number of anilines is 1. The van der Waals surface area contributed by atoms with Crippen molar-refractivity contribution in [2.75, 3.05) is 5.73 Å². The van der Waals surface area contributed by atoms with Gasteiger partial charge >= 0.3 is 0 Å². The van der Waals surface area contributed by atoms with Gasteiger partial charge in [0.2, 0.25) is 0 Å². The van der Waals surface area contributed by atoms with Crippen LogP contribution >= 0.6 is 22.6 Å². The van der Waals surface area contributed by atoms with Crippen LogP contribution in [-0.4, -0.2) is 4.21 Å². The van der Waals surface area contributed by atoms with Crippen molar-refractivity contribution in [2.24, 2.45) is 0 Å². The Morgan fingerprint density at radius 1 is 1.17 bits per heavy atom. The molecule has 0 aliphatic heterocycles. The van der Waals surface area contributed by atoms with E-state index < -0.39 is 10.8 Å². The van der Waals surface area contributed by atoms with Gasteiger partial charge in [-0.15, -0.1) is 0 Å². The fourth-order valence-corrected chi connectivity index (χ4v) is 3.38. The van der Waals surface area contributed by atoms with E-state index >= 15 is 0 Å². The lowest BCUT2D eigenvalue weighted by molar-refractivity contribution is 0.682. The first kappa shape index (κ1) is 13.5. The van der Waals surface area contributed by atoms with Crippen molar-refractivity contribution < 1.29 is 4.21 Å². The Morgan fingerprint density at radius 3 is 2.50 bits per heavy atom. The van der Waals surface area contributed by atoms with Gasteiger partial charge in [-0.05, 0) is 64.9 Å². The number of hydrogen-bond donors (Lipinski definition) is 1. The van der Waals surface area contributed by atoms with Crippen LogP contribution in [0.4, 0.5) is 5.69 Å². The lowest BCUT2D eigenvalue weighted by atomic mass is 10.2. The lowest BCUT2D eigenvalue weighted by Crippen LogP contribution is -2.00. The molecule has 2 aromatic rings. The molecule has 2 N–H and O–H groups in total. The van der Waals surface area contributed by atoms with Gasteiger partial charge in [0, 0.05) is 14.2 Å². The molecule has 2 rings (SSSR count). The Morgan fingerprint density at radius 2 is 1.83 bits per heavy atom. The molecular formula is C14H14INOS. The van der Waals surface area contributed by atoms with E-state index in [1.165, 1.54) is 3.57 Å². The number of hydrogen-bond acceptors (Lipinski definition) is 2. The van der Waals surface area contributed by atoms with Crippen molar-refractivity contribution >= 4 is 39.1 Å². The first-order valence-corrected chi connectivity index (χ1v) is 7.95.